The summed E-state index contributed by atoms with van der Waals surface area (Å²) in [6, 6.07) is 4.18. The summed E-state index contributed by atoms with van der Waals surface area (Å²) in [5.41, 5.74) is 1.25. The molecule has 0 radical (unpaired) electrons. The maximum atomic E-state index is 2.10. The van der Waals surface area contributed by atoms with E-state index in [1.165, 1.54) is 5.56 Å². The molecule has 0 bridgehead atoms. The molecule has 0 spiro atoms. The number of pyridine rings is 1. The molecule has 1 nitrogen and oxygen atoms in total. The van der Waals surface area contributed by atoms with E-state index in [9.17, 15) is 0 Å². The maximum absolute atomic E-state index is 2.10. The number of nitrogens with zero attached hydrogens (tertiary/aromatic N) is 1. The van der Waals surface area contributed by atoms with Crippen molar-refractivity contribution < 1.29 is 4.57 Å². The Labute approximate surface area is 71.8 Å². The van der Waals surface area contributed by atoms with Crippen LogP contribution in [0.2, 0.25) is 0 Å². The summed E-state index contributed by atoms with van der Waals surface area (Å²) < 4.78 is 2.02. The summed E-state index contributed by atoms with van der Waals surface area (Å²) in [6.45, 7) is 0. The van der Waals surface area contributed by atoms with Crippen LogP contribution in [0.3, 0.4) is 0 Å². The fraction of sp³-hybridized carbons (Fsp3) is 0.222. The Morgan fingerprint density at radius 2 is 2.00 bits per heavy atom. The second kappa shape index (κ2) is 4.19. The molecule has 0 aliphatic heterocycles. The molecule has 1 aromatic heterocycles. The molecule has 0 saturated heterocycles. The van der Waals surface area contributed by atoms with Crippen LogP contribution in [-0.4, -0.2) is 6.26 Å². The molecule has 0 saturated carbocycles. The smallest absolute Gasteiger partial charge is 0.169 e. The van der Waals surface area contributed by atoms with E-state index in [4.69, 9.17) is 0 Å². The third-order valence-electron chi connectivity index (χ3n) is 1.40. The summed E-state index contributed by atoms with van der Waals surface area (Å²) in [5, 5.41) is 2.08. The lowest BCUT2D eigenvalue weighted by atomic mass is 10.3. The molecule has 0 fully saturated rings. The largest absolute Gasteiger partial charge is 0.208 e. The topological polar surface area (TPSA) is 3.88 Å². The molecule has 2 heteroatoms. The Hall–Kier alpha value is -0.760. The Morgan fingerprint density at radius 3 is 2.55 bits per heavy atom. The van der Waals surface area contributed by atoms with Crippen LogP contribution in [0.15, 0.2) is 29.9 Å². The second-order valence-electron chi connectivity index (χ2n) is 2.34. The Kier molecular flexibility index (Phi) is 3.17. The van der Waals surface area contributed by atoms with Gasteiger partial charge in [-0.2, -0.15) is 0 Å². The van der Waals surface area contributed by atoms with Crippen LogP contribution < -0.4 is 4.57 Å². The fourth-order valence-corrected chi connectivity index (χ4v) is 1.06. The first-order valence-electron chi connectivity index (χ1n) is 3.47. The van der Waals surface area contributed by atoms with E-state index in [1.807, 2.05) is 24.0 Å². The van der Waals surface area contributed by atoms with Gasteiger partial charge in [-0.05, 0) is 23.3 Å². The average Bonchev–Trinajstić information content (AvgIpc) is 2.04. The lowest BCUT2D eigenvalue weighted by molar-refractivity contribution is -0.671. The van der Waals surface area contributed by atoms with Gasteiger partial charge in [-0.15, -0.1) is 11.8 Å². The monoisotopic (exact) mass is 166 g/mol. The lowest BCUT2D eigenvalue weighted by Crippen LogP contribution is -2.25. The van der Waals surface area contributed by atoms with Crippen molar-refractivity contribution in [1.82, 2.24) is 0 Å². The normalized spacial score (nSPS) is 10.7. The van der Waals surface area contributed by atoms with Crippen LogP contribution in [0.5, 0.6) is 0 Å². The van der Waals surface area contributed by atoms with E-state index in [0.29, 0.717) is 0 Å². The highest BCUT2D eigenvalue weighted by Crippen LogP contribution is 2.02. The van der Waals surface area contributed by atoms with Crippen molar-refractivity contribution in [2.75, 3.05) is 6.26 Å². The number of aromatic nitrogens is 1. The van der Waals surface area contributed by atoms with Gasteiger partial charge in [-0.3, -0.25) is 0 Å². The van der Waals surface area contributed by atoms with Crippen molar-refractivity contribution in [3.05, 3.63) is 35.5 Å². The molecule has 0 atom stereocenters. The van der Waals surface area contributed by atoms with Gasteiger partial charge in [0, 0.05) is 12.1 Å². The third kappa shape index (κ3) is 2.76. The summed E-state index contributed by atoms with van der Waals surface area (Å²) in [5.74, 6) is 0. The maximum Gasteiger partial charge on any atom is 0.169 e. The quantitative estimate of drug-likeness (QED) is 0.606. The van der Waals surface area contributed by atoms with Gasteiger partial charge in [-0.1, -0.05) is 0 Å². The zero-order valence-electron chi connectivity index (χ0n) is 6.82. The number of rotatable bonds is 2. The molecule has 0 aromatic carbocycles. The van der Waals surface area contributed by atoms with Crippen LogP contribution in [-0.2, 0) is 7.05 Å². The molecule has 1 aromatic rings. The first-order valence-corrected chi connectivity index (χ1v) is 4.76. The van der Waals surface area contributed by atoms with Gasteiger partial charge in [0.2, 0.25) is 0 Å². The summed E-state index contributed by atoms with van der Waals surface area (Å²) >= 11 is 1.71. The van der Waals surface area contributed by atoms with E-state index in [2.05, 4.69) is 29.9 Å². The molecule has 0 aliphatic rings. The van der Waals surface area contributed by atoms with Gasteiger partial charge in [0.15, 0.2) is 12.4 Å². The van der Waals surface area contributed by atoms with Crippen LogP contribution >= 0.6 is 11.8 Å². The van der Waals surface area contributed by atoms with Crippen molar-refractivity contribution in [1.29, 1.82) is 0 Å². The highest BCUT2D eigenvalue weighted by molar-refractivity contribution is 8.01. The molecule has 11 heavy (non-hydrogen) atoms. The zero-order valence-corrected chi connectivity index (χ0v) is 7.64. The first kappa shape index (κ1) is 8.34. The van der Waals surface area contributed by atoms with Crippen molar-refractivity contribution in [3.8, 4) is 0 Å². The standard InChI is InChI=1S/C9H12NS/c1-10-6-3-9(4-7-10)5-8-11-2/h3-8H,1-2H3/q+1/b8-5-. The zero-order chi connectivity index (χ0) is 8.10. The number of hydrogen-bond acceptors (Lipinski definition) is 1. The van der Waals surface area contributed by atoms with Crippen molar-refractivity contribution >= 4 is 17.8 Å². The molecule has 0 unspecified atom stereocenters. The van der Waals surface area contributed by atoms with E-state index >= 15 is 0 Å². The molecule has 0 amide bonds. The lowest BCUT2D eigenvalue weighted by Gasteiger charge is -1.88. The van der Waals surface area contributed by atoms with E-state index in [1.54, 1.807) is 11.8 Å². The molecule has 0 N–H and O–H groups in total. The van der Waals surface area contributed by atoms with Gasteiger partial charge >= 0.3 is 0 Å². The van der Waals surface area contributed by atoms with Crippen molar-refractivity contribution in [3.63, 3.8) is 0 Å². The Balaban J connectivity index is 2.73. The average molecular weight is 166 g/mol. The fourth-order valence-electron chi connectivity index (χ4n) is 0.770. The summed E-state index contributed by atoms with van der Waals surface area (Å²) in [4.78, 5) is 0. The minimum absolute atomic E-state index is 1.25. The van der Waals surface area contributed by atoms with E-state index < -0.39 is 0 Å². The number of hydrogen-bond donors (Lipinski definition) is 0. The molecular formula is C9H12NS+. The molecule has 0 aliphatic carbocycles. The third-order valence-corrected chi connectivity index (χ3v) is 1.81. The molecule has 58 valence electrons. The summed E-state index contributed by atoms with van der Waals surface area (Å²) in [7, 11) is 2.02. The minimum Gasteiger partial charge on any atom is -0.208 e. The van der Waals surface area contributed by atoms with Gasteiger partial charge < -0.3 is 0 Å². The van der Waals surface area contributed by atoms with Crippen molar-refractivity contribution in [2.24, 2.45) is 7.05 Å². The van der Waals surface area contributed by atoms with Crippen LogP contribution in [0.1, 0.15) is 5.56 Å². The Bertz CT molecular complexity index is 238. The SMILES string of the molecule is CS/C=C\c1cc[n+](C)cc1. The van der Waals surface area contributed by atoms with Crippen molar-refractivity contribution in [2.45, 2.75) is 0 Å². The van der Waals surface area contributed by atoms with E-state index in [0.717, 1.165) is 0 Å². The molecule has 1 rings (SSSR count). The second-order valence-corrected chi connectivity index (χ2v) is 3.08. The van der Waals surface area contributed by atoms with E-state index in [-0.39, 0.29) is 0 Å². The van der Waals surface area contributed by atoms with Crippen LogP contribution in [0, 0.1) is 0 Å². The number of thioether (sulfide) groups is 1. The first-order chi connectivity index (χ1) is 5.33. The minimum atomic E-state index is 1.25. The molecular weight excluding hydrogens is 154 g/mol. The highest BCUT2D eigenvalue weighted by Gasteiger charge is 1.89. The van der Waals surface area contributed by atoms with Crippen LogP contribution in [0.4, 0.5) is 0 Å². The predicted molar refractivity (Wildman–Crippen MR) is 50.2 cm³/mol. The highest BCUT2D eigenvalue weighted by atomic mass is 32.2. The van der Waals surface area contributed by atoms with Crippen LogP contribution in [0.25, 0.3) is 6.08 Å². The van der Waals surface area contributed by atoms with Gasteiger partial charge in [0.25, 0.3) is 0 Å². The molecule has 1 heterocycles. The van der Waals surface area contributed by atoms with Gasteiger partial charge in [-0.25, -0.2) is 4.57 Å². The predicted octanol–water partition coefficient (Wildman–Crippen LogP) is 1.84. The summed E-state index contributed by atoms with van der Waals surface area (Å²) in [6.07, 6.45) is 8.24. The van der Waals surface area contributed by atoms with Gasteiger partial charge in [0.1, 0.15) is 7.05 Å². The Morgan fingerprint density at radius 1 is 1.36 bits per heavy atom. The number of aryl methyl sites for hydroxylation is 1. The van der Waals surface area contributed by atoms with Gasteiger partial charge in [0.05, 0.1) is 0 Å².